The van der Waals surface area contributed by atoms with Crippen molar-refractivity contribution in [2.75, 3.05) is 165 Å². The zero-order valence-electron chi connectivity index (χ0n) is 51.0. The fourth-order valence-corrected chi connectivity index (χ4v) is 5.24. The van der Waals surface area contributed by atoms with E-state index >= 15 is 0 Å². The summed E-state index contributed by atoms with van der Waals surface area (Å²) in [5, 5.41) is 71.7. The summed E-state index contributed by atoms with van der Waals surface area (Å²) in [6.45, 7) is 2.34. The molecule has 0 aromatic carbocycles. The summed E-state index contributed by atoms with van der Waals surface area (Å²) in [5.41, 5.74) is -2.09. The van der Waals surface area contributed by atoms with Crippen LogP contribution in [0.2, 0.25) is 0 Å². The third kappa shape index (κ3) is 27.0. The second-order valence-corrected chi connectivity index (χ2v) is 15.0. The molecule has 0 fully saturated rings. The van der Waals surface area contributed by atoms with E-state index in [2.05, 4.69) is 96.7 Å². The van der Waals surface area contributed by atoms with Gasteiger partial charge >= 0.3 is 51.6 Å². The molecule has 0 saturated carbocycles. The Morgan fingerprint density at radius 1 is 0.227 bits per heavy atom. The van der Waals surface area contributed by atoms with E-state index in [1.807, 2.05) is 0 Å². The number of fused-ring (bicyclic) bond motifs is 4. The zero-order valence-corrected chi connectivity index (χ0v) is 51.0. The van der Waals surface area contributed by atoms with E-state index in [1.54, 1.807) is 134 Å². The van der Waals surface area contributed by atoms with Crippen molar-refractivity contribution in [3.63, 3.8) is 0 Å². The summed E-state index contributed by atoms with van der Waals surface area (Å²) in [7, 11) is 19.8. The molecule has 0 amide bonds. The molecule has 0 atom stereocenters. The van der Waals surface area contributed by atoms with Crippen molar-refractivity contribution >= 4 is 13.9 Å². The first-order valence-corrected chi connectivity index (χ1v) is 24.2. The van der Waals surface area contributed by atoms with Crippen molar-refractivity contribution in [3.05, 3.63) is 45.6 Å². The molecule has 460 valence electrons. The van der Waals surface area contributed by atoms with Crippen molar-refractivity contribution in [1.29, 1.82) is 42.1 Å². The van der Waals surface area contributed by atoms with Crippen molar-refractivity contribution in [1.82, 2.24) is 39.9 Å². The molecule has 2 spiro atoms. The van der Waals surface area contributed by atoms with Crippen molar-refractivity contribution in [2.24, 2.45) is 0 Å². The number of ether oxygens (including phenoxy) is 12. The van der Waals surface area contributed by atoms with Crippen molar-refractivity contribution in [2.45, 2.75) is 0 Å². The molecule has 40 heteroatoms. The molecule has 4 aliphatic rings. The van der Waals surface area contributed by atoms with Gasteiger partial charge in [-0.05, 0) is 0 Å². The average molecular weight is 1220 g/mol. The van der Waals surface area contributed by atoms with E-state index in [9.17, 15) is 0 Å². The van der Waals surface area contributed by atoms with E-state index < -0.39 is 13.9 Å². The molecule has 4 aliphatic heterocycles. The van der Waals surface area contributed by atoms with Gasteiger partial charge in [0.25, 0.3) is 0 Å². The molecule has 8 heterocycles. The van der Waals surface area contributed by atoms with E-state index in [0.717, 1.165) is 0 Å². The minimum absolute atomic E-state index is 0. The smallest absolute Gasteiger partial charge is 0.593 e. The number of aromatic nitrogens is 8. The van der Waals surface area contributed by atoms with Gasteiger partial charge in [0.05, 0.1) is 79.3 Å². The Morgan fingerprint density at radius 2 is 0.318 bits per heavy atom. The number of rotatable bonds is 18. The van der Waals surface area contributed by atoms with Crippen LogP contribution in [0.3, 0.4) is 0 Å². The molecule has 88 heavy (non-hydrogen) atoms. The molecular weight excluding hydrogens is 1160 g/mol. The van der Waals surface area contributed by atoms with Gasteiger partial charge in [-0.1, -0.05) is 0 Å². The molecule has 0 aliphatic carbocycles. The summed E-state index contributed by atoms with van der Waals surface area (Å²) in [6, 6.07) is 13.6. The van der Waals surface area contributed by atoms with Gasteiger partial charge in [0.15, 0.2) is 45.6 Å². The maximum Gasteiger partial charge on any atom is 1.00 e. The Balaban J connectivity index is 0. The minimum Gasteiger partial charge on any atom is -0.593 e. The van der Waals surface area contributed by atoms with Crippen LogP contribution in [-0.2, 0) is 56.8 Å². The number of hydrogen-bond acceptors (Lipinski definition) is 36. The summed E-state index contributed by atoms with van der Waals surface area (Å²) >= 11 is 0. The van der Waals surface area contributed by atoms with Crippen LogP contribution < -0.4 is 75.0 Å². The molecular formula is C48H60B2Li2N16O20. The monoisotopic (exact) mass is 1220 g/mol. The molecule has 0 N–H and O–H groups in total. The quantitative estimate of drug-likeness (QED) is 0.0662. The van der Waals surface area contributed by atoms with Gasteiger partial charge in [0.2, 0.25) is 47.0 Å². The normalized spacial score (nSPS) is 11.8. The van der Waals surface area contributed by atoms with E-state index in [1.165, 1.54) is 0 Å². The summed E-state index contributed by atoms with van der Waals surface area (Å²) in [6.07, 6.45) is 0. The minimum atomic E-state index is -2.98. The first-order chi connectivity index (χ1) is 41.7. The first-order valence-electron chi connectivity index (χ1n) is 24.2. The largest absolute Gasteiger partial charge is 1.00 e. The molecule has 8 rings (SSSR count). The van der Waals surface area contributed by atoms with Gasteiger partial charge < -0.3 is 94.1 Å². The van der Waals surface area contributed by atoms with E-state index in [4.69, 9.17) is 79.3 Å². The SMILES string of the molecule is COCCOC.COCCOC.COCCOC.COCCOC.COCCOC.COCCOC.N#Cc1nc2c(nc1C#N)O[B-]1(O2)Oc2nc(C#N)c(C#N)nc2O1.N#Cc1nc2c(nc1C#N)O[B-]1(O2)Oc2nc(C#N)c(C#N)nc2O1.[Li+].[Li+]. The molecule has 4 aromatic rings. The second kappa shape index (κ2) is 47.6. The van der Waals surface area contributed by atoms with Gasteiger partial charge in [-0.25, -0.2) is 0 Å². The zero-order chi connectivity index (χ0) is 64.2. The van der Waals surface area contributed by atoms with Crippen LogP contribution in [0.4, 0.5) is 0 Å². The fraction of sp³-hybridized carbons (Fsp3) is 0.500. The Kier molecular flexibility index (Phi) is 44.1. The number of hydrogen-bond donors (Lipinski definition) is 0. The average Bonchev–Trinajstić information content (AvgIpc) is 1.76. The van der Waals surface area contributed by atoms with Crippen LogP contribution in [0.25, 0.3) is 0 Å². The third-order valence-electron chi connectivity index (χ3n) is 9.18. The molecule has 0 saturated heterocycles. The molecule has 36 nitrogen and oxygen atoms in total. The number of methoxy groups -OCH3 is 12. The number of nitrogens with zero attached hydrogens (tertiary/aromatic N) is 16. The Bertz CT molecular complexity index is 2480. The van der Waals surface area contributed by atoms with Gasteiger partial charge in [0, 0.05) is 85.3 Å². The molecule has 0 bridgehead atoms. The van der Waals surface area contributed by atoms with E-state index in [-0.39, 0.29) is 130 Å². The van der Waals surface area contributed by atoms with Crippen LogP contribution in [0.15, 0.2) is 0 Å². The van der Waals surface area contributed by atoms with Crippen LogP contribution >= 0.6 is 0 Å². The topological polar surface area (TPSA) is 478 Å². The summed E-state index contributed by atoms with van der Waals surface area (Å²) in [5.74, 6) is -1.75. The maximum atomic E-state index is 8.96. The van der Waals surface area contributed by atoms with Gasteiger partial charge in [-0.3, -0.25) is 0 Å². The fourth-order valence-electron chi connectivity index (χ4n) is 5.24. The van der Waals surface area contributed by atoms with Crippen molar-refractivity contribution < 1.29 is 132 Å². The van der Waals surface area contributed by atoms with Crippen molar-refractivity contribution in [3.8, 4) is 95.6 Å². The molecule has 0 unspecified atom stereocenters. The van der Waals surface area contributed by atoms with Crippen LogP contribution in [0, 0.1) is 90.6 Å². The Morgan fingerprint density at radius 3 is 0.386 bits per heavy atom. The third-order valence-corrected chi connectivity index (χ3v) is 9.18. The Labute approximate surface area is 531 Å². The van der Waals surface area contributed by atoms with Gasteiger partial charge in [0.1, 0.15) is 48.6 Å². The predicted octanol–water partition coefficient (Wildman–Crippen LogP) is -5.45. The predicted molar refractivity (Wildman–Crippen MR) is 285 cm³/mol. The van der Waals surface area contributed by atoms with E-state index in [0.29, 0.717) is 79.3 Å². The number of nitriles is 8. The standard InChI is InChI=1S/2C12BN8O4.6C4H10O2.2Li/c2*14-1-5-6(2-15)19-10-9(18-5)22-13(23-10)24-11-12(25-13)21-8(4-17)7(3-16)20-11;6*1-5-3-4-6-2;;/h;;6*3-4H2,1-2H3;;/q2*-1;;;;;;;2*+1. The van der Waals surface area contributed by atoms with Gasteiger partial charge in [-0.15, -0.1) is 0 Å². The van der Waals surface area contributed by atoms with Crippen LogP contribution in [-0.4, -0.2) is 218 Å². The second-order valence-electron chi connectivity index (χ2n) is 15.0. The maximum absolute atomic E-state index is 8.96. The Hall–Kier alpha value is -8.52. The van der Waals surface area contributed by atoms with Crippen LogP contribution in [0.1, 0.15) is 45.6 Å². The summed E-state index contributed by atoms with van der Waals surface area (Å²) in [4.78, 5) is 30.5. The first kappa shape index (κ1) is 81.5. The summed E-state index contributed by atoms with van der Waals surface area (Å²) < 4.78 is 98.6. The van der Waals surface area contributed by atoms with Crippen LogP contribution in [0.5, 0.6) is 47.0 Å². The molecule has 0 radical (unpaired) electrons. The van der Waals surface area contributed by atoms with Gasteiger partial charge in [-0.2, -0.15) is 82.0 Å². The molecule has 4 aromatic heterocycles.